The number of nitrogens with zero attached hydrogens (tertiary/aromatic N) is 1. The summed E-state index contributed by atoms with van der Waals surface area (Å²) in [6.45, 7) is 1.72. The number of likely N-dealkylation sites (tertiary alicyclic amines) is 1. The molecule has 3 aliphatic rings. The van der Waals surface area contributed by atoms with Gasteiger partial charge in [-0.25, -0.2) is 4.39 Å². The van der Waals surface area contributed by atoms with Gasteiger partial charge in [0.05, 0.1) is 19.2 Å². The van der Waals surface area contributed by atoms with E-state index in [0.29, 0.717) is 32.5 Å². The molecule has 2 aliphatic heterocycles. The van der Waals surface area contributed by atoms with Crippen LogP contribution in [0.2, 0.25) is 0 Å². The van der Waals surface area contributed by atoms with Crippen LogP contribution in [-0.2, 0) is 14.3 Å². The van der Waals surface area contributed by atoms with Gasteiger partial charge in [-0.2, -0.15) is 0 Å². The normalized spacial score (nSPS) is 33.3. The van der Waals surface area contributed by atoms with Crippen molar-refractivity contribution in [3.05, 3.63) is 0 Å². The minimum absolute atomic E-state index is 0.210. The lowest BCUT2D eigenvalue weighted by Gasteiger charge is -2.53. The number of hydrogen-bond donors (Lipinski definition) is 0. The fourth-order valence-corrected chi connectivity index (χ4v) is 2.80. The molecule has 0 aromatic heterocycles. The van der Waals surface area contributed by atoms with Gasteiger partial charge in [-0.1, -0.05) is 0 Å². The zero-order valence-electron chi connectivity index (χ0n) is 10.1. The first-order valence-electron chi connectivity index (χ1n) is 6.22. The molecule has 4 nitrogen and oxygen atoms in total. The highest BCUT2D eigenvalue weighted by molar-refractivity contribution is 5.88. The van der Waals surface area contributed by atoms with Gasteiger partial charge in [0.25, 0.3) is 5.91 Å². The van der Waals surface area contributed by atoms with Crippen LogP contribution >= 0.6 is 0 Å². The summed E-state index contributed by atoms with van der Waals surface area (Å²) < 4.78 is 24.7. The van der Waals surface area contributed by atoms with Gasteiger partial charge in [0.2, 0.25) is 0 Å². The van der Waals surface area contributed by atoms with Crippen molar-refractivity contribution in [1.29, 1.82) is 0 Å². The van der Waals surface area contributed by atoms with E-state index in [0.717, 1.165) is 12.8 Å². The Morgan fingerprint density at radius 3 is 2.76 bits per heavy atom. The van der Waals surface area contributed by atoms with E-state index in [4.69, 9.17) is 9.47 Å². The van der Waals surface area contributed by atoms with E-state index in [2.05, 4.69) is 0 Å². The Bertz CT molecular complexity index is 337. The zero-order valence-corrected chi connectivity index (χ0v) is 10.1. The van der Waals surface area contributed by atoms with Crippen molar-refractivity contribution in [2.45, 2.75) is 43.1 Å². The van der Waals surface area contributed by atoms with Crippen molar-refractivity contribution in [3.63, 3.8) is 0 Å². The van der Waals surface area contributed by atoms with Crippen LogP contribution in [0.3, 0.4) is 0 Å². The number of carbonyl (C=O) groups excluding carboxylic acids is 1. The highest BCUT2D eigenvalue weighted by atomic mass is 19.1. The van der Waals surface area contributed by atoms with Crippen molar-refractivity contribution in [1.82, 2.24) is 4.90 Å². The smallest absolute Gasteiger partial charge is 0.260 e. The second kappa shape index (κ2) is 3.65. The van der Waals surface area contributed by atoms with Gasteiger partial charge < -0.3 is 14.4 Å². The van der Waals surface area contributed by atoms with Crippen LogP contribution in [0.5, 0.6) is 0 Å². The Morgan fingerprint density at radius 1 is 1.47 bits per heavy atom. The monoisotopic (exact) mass is 243 g/mol. The highest BCUT2D eigenvalue weighted by Crippen LogP contribution is 2.44. The fourth-order valence-electron chi connectivity index (χ4n) is 2.80. The zero-order chi connectivity index (χ0) is 12.1. The lowest BCUT2D eigenvalue weighted by Crippen LogP contribution is -2.68. The number of ether oxygens (including phenoxy) is 2. The third kappa shape index (κ3) is 1.85. The number of methoxy groups -OCH3 is 1. The number of carbonyl (C=O) groups is 1. The van der Waals surface area contributed by atoms with E-state index in [1.165, 1.54) is 0 Å². The Labute approximate surface area is 100 Å². The molecule has 5 heteroatoms. The van der Waals surface area contributed by atoms with E-state index < -0.39 is 5.67 Å². The maximum absolute atomic E-state index is 13.6. The van der Waals surface area contributed by atoms with Crippen molar-refractivity contribution < 1.29 is 18.7 Å². The summed E-state index contributed by atoms with van der Waals surface area (Å²) in [7, 11) is 1.70. The first-order valence-corrected chi connectivity index (χ1v) is 6.22. The Kier molecular flexibility index (Phi) is 2.45. The molecule has 2 heterocycles. The molecule has 0 radical (unpaired) electrons. The molecule has 1 spiro atoms. The molecule has 1 atom stereocenters. The fraction of sp³-hybridized carbons (Fsp3) is 0.917. The van der Waals surface area contributed by atoms with E-state index in [1.807, 2.05) is 0 Å². The average molecular weight is 243 g/mol. The molecule has 0 unspecified atom stereocenters. The number of hydrogen-bond acceptors (Lipinski definition) is 3. The summed E-state index contributed by atoms with van der Waals surface area (Å²) in [6, 6.07) is 0. The maximum atomic E-state index is 13.6. The molecule has 3 rings (SSSR count). The molecule has 0 aromatic carbocycles. The third-order valence-corrected chi connectivity index (χ3v) is 4.10. The Hall–Kier alpha value is -0.680. The van der Waals surface area contributed by atoms with Crippen LogP contribution in [0, 0.1) is 0 Å². The number of alkyl halides is 1. The van der Waals surface area contributed by atoms with E-state index in [9.17, 15) is 9.18 Å². The molecule has 1 saturated carbocycles. The standard InChI is InChI=1S/C12H18FNO3/c1-16-9-2-5-17-11(6-9)7-14(8-11)10(15)12(13)3-4-12/h9H,2-8H2,1H3/t9-/m0/s1. The van der Waals surface area contributed by atoms with Crippen LogP contribution in [-0.4, -0.2) is 55.0 Å². The number of amides is 1. The molecule has 2 saturated heterocycles. The summed E-state index contributed by atoms with van der Waals surface area (Å²) >= 11 is 0. The van der Waals surface area contributed by atoms with Crippen LogP contribution < -0.4 is 0 Å². The Morgan fingerprint density at radius 2 is 2.18 bits per heavy atom. The second-order valence-electron chi connectivity index (χ2n) is 5.51. The molecule has 0 aromatic rings. The predicted octanol–water partition coefficient (Wildman–Crippen LogP) is 0.895. The molecule has 0 bridgehead atoms. The van der Waals surface area contributed by atoms with Gasteiger partial charge in [-0.05, 0) is 19.3 Å². The molecular weight excluding hydrogens is 225 g/mol. The van der Waals surface area contributed by atoms with E-state index in [1.54, 1.807) is 12.0 Å². The van der Waals surface area contributed by atoms with E-state index >= 15 is 0 Å². The van der Waals surface area contributed by atoms with Crippen LogP contribution in [0.25, 0.3) is 0 Å². The number of rotatable bonds is 2. The summed E-state index contributed by atoms with van der Waals surface area (Å²) in [6.07, 6.45) is 2.70. The summed E-state index contributed by atoms with van der Waals surface area (Å²) in [5, 5.41) is 0. The topological polar surface area (TPSA) is 38.8 Å². The summed E-state index contributed by atoms with van der Waals surface area (Å²) in [5.41, 5.74) is -1.81. The van der Waals surface area contributed by atoms with Gasteiger partial charge in [0.15, 0.2) is 5.67 Å². The van der Waals surface area contributed by atoms with Gasteiger partial charge >= 0.3 is 0 Å². The van der Waals surface area contributed by atoms with Gasteiger partial charge in [-0.15, -0.1) is 0 Å². The van der Waals surface area contributed by atoms with Crippen molar-refractivity contribution in [2.75, 3.05) is 26.8 Å². The lowest BCUT2D eigenvalue weighted by atomic mass is 9.84. The van der Waals surface area contributed by atoms with Crippen LogP contribution in [0.1, 0.15) is 25.7 Å². The number of halogens is 1. The van der Waals surface area contributed by atoms with Crippen molar-refractivity contribution >= 4 is 5.91 Å². The molecule has 0 N–H and O–H groups in total. The Balaban J connectivity index is 1.58. The summed E-state index contributed by atoms with van der Waals surface area (Å²) in [5.74, 6) is -0.341. The highest BCUT2D eigenvalue weighted by Gasteiger charge is 2.58. The first-order chi connectivity index (χ1) is 8.07. The molecule has 96 valence electrons. The maximum Gasteiger partial charge on any atom is 0.260 e. The molecule has 3 fully saturated rings. The predicted molar refractivity (Wildman–Crippen MR) is 58.4 cm³/mol. The molecule has 17 heavy (non-hydrogen) atoms. The SMILES string of the molecule is CO[C@H]1CCOC2(C1)CN(C(=O)C1(F)CC1)C2. The van der Waals surface area contributed by atoms with Crippen molar-refractivity contribution in [3.8, 4) is 0 Å². The molecular formula is C12H18FNO3. The minimum atomic E-state index is -1.54. The second-order valence-corrected chi connectivity index (χ2v) is 5.51. The van der Waals surface area contributed by atoms with Gasteiger partial charge in [0.1, 0.15) is 5.60 Å². The molecule has 1 aliphatic carbocycles. The molecule has 1 amide bonds. The summed E-state index contributed by atoms with van der Waals surface area (Å²) in [4.78, 5) is 13.3. The average Bonchev–Trinajstić information content (AvgIpc) is 3.04. The van der Waals surface area contributed by atoms with Gasteiger partial charge in [-0.3, -0.25) is 4.79 Å². The van der Waals surface area contributed by atoms with Crippen molar-refractivity contribution in [2.24, 2.45) is 0 Å². The first kappa shape index (κ1) is 11.4. The third-order valence-electron chi connectivity index (χ3n) is 4.10. The van der Waals surface area contributed by atoms with Crippen LogP contribution in [0.4, 0.5) is 4.39 Å². The van der Waals surface area contributed by atoms with E-state index in [-0.39, 0.29) is 17.6 Å². The quantitative estimate of drug-likeness (QED) is 0.723. The van der Waals surface area contributed by atoms with Crippen LogP contribution in [0.15, 0.2) is 0 Å². The largest absolute Gasteiger partial charge is 0.381 e. The van der Waals surface area contributed by atoms with Gasteiger partial charge in [0, 0.05) is 20.1 Å². The lowest BCUT2D eigenvalue weighted by molar-refractivity contribution is -0.201. The minimum Gasteiger partial charge on any atom is -0.381 e.